The standard InChI is InChI=1S/C20H19N3O2/c1-13-7-8-14-5-4-6-19(20(14)23-13)25-12-16-15(11-21)17(22-2)9-10-18(16)24-3/h4-10,22H,12H2,1-3H3. The fourth-order valence-corrected chi connectivity index (χ4v) is 2.78. The molecule has 5 nitrogen and oxygen atoms in total. The third-order valence-electron chi connectivity index (χ3n) is 4.07. The van der Waals surface area contributed by atoms with Gasteiger partial charge >= 0.3 is 0 Å². The van der Waals surface area contributed by atoms with Crippen LogP contribution in [0.5, 0.6) is 11.5 Å². The van der Waals surface area contributed by atoms with Gasteiger partial charge in [-0.25, -0.2) is 4.98 Å². The van der Waals surface area contributed by atoms with Crippen LogP contribution in [0, 0.1) is 18.3 Å². The third-order valence-corrected chi connectivity index (χ3v) is 4.07. The van der Waals surface area contributed by atoms with Gasteiger partial charge in [0.1, 0.15) is 29.7 Å². The van der Waals surface area contributed by atoms with E-state index in [0.717, 1.165) is 22.3 Å². The second-order valence-electron chi connectivity index (χ2n) is 5.60. The van der Waals surface area contributed by atoms with Gasteiger partial charge < -0.3 is 14.8 Å². The molecular weight excluding hydrogens is 314 g/mol. The van der Waals surface area contributed by atoms with E-state index in [1.54, 1.807) is 14.2 Å². The van der Waals surface area contributed by atoms with E-state index in [1.165, 1.54) is 0 Å². The van der Waals surface area contributed by atoms with Crippen LogP contribution >= 0.6 is 0 Å². The zero-order valence-electron chi connectivity index (χ0n) is 14.5. The molecule has 1 aromatic heterocycles. The fraction of sp³-hybridized carbons (Fsp3) is 0.200. The quantitative estimate of drug-likeness (QED) is 0.763. The van der Waals surface area contributed by atoms with Crippen LogP contribution in [0.2, 0.25) is 0 Å². The van der Waals surface area contributed by atoms with Crippen molar-refractivity contribution in [1.29, 1.82) is 5.26 Å². The van der Waals surface area contributed by atoms with Crippen molar-refractivity contribution in [2.24, 2.45) is 0 Å². The van der Waals surface area contributed by atoms with E-state index in [4.69, 9.17) is 9.47 Å². The number of methoxy groups -OCH3 is 1. The van der Waals surface area contributed by atoms with Crippen molar-refractivity contribution in [1.82, 2.24) is 4.98 Å². The molecule has 0 aliphatic heterocycles. The average molecular weight is 333 g/mol. The highest BCUT2D eigenvalue weighted by Gasteiger charge is 2.15. The van der Waals surface area contributed by atoms with Gasteiger partial charge in [-0.1, -0.05) is 18.2 Å². The van der Waals surface area contributed by atoms with Gasteiger partial charge in [0.05, 0.1) is 23.9 Å². The lowest BCUT2D eigenvalue weighted by atomic mass is 10.1. The first-order valence-electron chi connectivity index (χ1n) is 7.94. The van der Waals surface area contributed by atoms with Crippen LogP contribution in [0.1, 0.15) is 16.8 Å². The lowest BCUT2D eigenvalue weighted by Gasteiger charge is -2.15. The van der Waals surface area contributed by atoms with Crippen LogP contribution in [-0.4, -0.2) is 19.1 Å². The minimum atomic E-state index is 0.219. The van der Waals surface area contributed by atoms with Crippen molar-refractivity contribution in [3.05, 3.63) is 59.3 Å². The molecule has 0 bridgehead atoms. The molecule has 0 atom stereocenters. The molecule has 0 saturated heterocycles. The van der Waals surface area contributed by atoms with Crippen molar-refractivity contribution in [3.63, 3.8) is 0 Å². The minimum Gasteiger partial charge on any atom is -0.496 e. The van der Waals surface area contributed by atoms with E-state index in [9.17, 15) is 5.26 Å². The topological polar surface area (TPSA) is 67.2 Å². The predicted octanol–water partition coefficient (Wildman–Crippen LogP) is 4.04. The highest BCUT2D eigenvalue weighted by molar-refractivity contribution is 5.84. The van der Waals surface area contributed by atoms with Gasteiger partial charge in [-0.2, -0.15) is 5.26 Å². The maximum Gasteiger partial charge on any atom is 0.146 e. The summed E-state index contributed by atoms with van der Waals surface area (Å²) in [5, 5.41) is 13.6. The second kappa shape index (κ2) is 7.10. The van der Waals surface area contributed by atoms with Crippen LogP contribution in [-0.2, 0) is 6.61 Å². The van der Waals surface area contributed by atoms with Crippen LogP contribution in [0.25, 0.3) is 10.9 Å². The SMILES string of the molecule is CNc1ccc(OC)c(COc2cccc3ccc(C)nc23)c1C#N. The van der Waals surface area contributed by atoms with Gasteiger partial charge in [0.15, 0.2) is 0 Å². The van der Waals surface area contributed by atoms with Gasteiger partial charge in [0, 0.05) is 18.1 Å². The molecule has 3 rings (SSSR count). The van der Waals surface area contributed by atoms with E-state index in [0.29, 0.717) is 22.6 Å². The van der Waals surface area contributed by atoms with Gasteiger partial charge in [-0.05, 0) is 31.2 Å². The molecule has 0 radical (unpaired) electrons. The van der Waals surface area contributed by atoms with Gasteiger partial charge in [-0.3, -0.25) is 0 Å². The molecule has 0 fully saturated rings. The summed E-state index contributed by atoms with van der Waals surface area (Å²) in [6.07, 6.45) is 0. The largest absolute Gasteiger partial charge is 0.496 e. The van der Waals surface area contributed by atoms with E-state index < -0.39 is 0 Å². The van der Waals surface area contributed by atoms with Crippen LogP contribution in [0.15, 0.2) is 42.5 Å². The number of anilines is 1. The van der Waals surface area contributed by atoms with Crippen molar-refractivity contribution in [2.45, 2.75) is 13.5 Å². The number of pyridine rings is 1. The first-order chi connectivity index (χ1) is 12.2. The number of benzene rings is 2. The van der Waals surface area contributed by atoms with Crippen molar-refractivity contribution >= 4 is 16.6 Å². The zero-order chi connectivity index (χ0) is 17.8. The summed E-state index contributed by atoms with van der Waals surface area (Å²) in [6.45, 7) is 2.17. The smallest absolute Gasteiger partial charge is 0.146 e. The second-order valence-corrected chi connectivity index (χ2v) is 5.60. The first kappa shape index (κ1) is 16.6. The Hall–Kier alpha value is -3.26. The Morgan fingerprint density at radius 3 is 2.68 bits per heavy atom. The van der Waals surface area contributed by atoms with E-state index in [1.807, 2.05) is 49.4 Å². The van der Waals surface area contributed by atoms with Gasteiger partial charge in [0.2, 0.25) is 0 Å². The molecule has 0 spiro atoms. The molecule has 126 valence electrons. The zero-order valence-corrected chi connectivity index (χ0v) is 14.5. The minimum absolute atomic E-state index is 0.219. The Morgan fingerprint density at radius 2 is 1.96 bits per heavy atom. The normalized spacial score (nSPS) is 10.3. The van der Waals surface area contributed by atoms with Crippen molar-refractivity contribution in [3.8, 4) is 17.6 Å². The van der Waals surface area contributed by atoms with Crippen LogP contribution < -0.4 is 14.8 Å². The van der Waals surface area contributed by atoms with E-state index in [-0.39, 0.29) is 6.61 Å². The van der Waals surface area contributed by atoms with Gasteiger partial charge in [-0.15, -0.1) is 0 Å². The fourth-order valence-electron chi connectivity index (χ4n) is 2.78. The monoisotopic (exact) mass is 333 g/mol. The molecule has 25 heavy (non-hydrogen) atoms. The molecule has 5 heteroatoms. The number of rotatable bonds is 5. The molecule has 3 aromatic rings. The molecule has 0 unspecified atom stereocenters. The molecule has 0 aliphatic rings. The van der Waals surface area contributed by atoms with Crippen molar-refractivity contribution < 1.29 is 9.47 Å². The van der Waals surface area contributed by atoms with Crippen molar-refractivity contribution in [2.75, 3.05) is 19.5 Å². The number of aromatic nitrogens is 1. The lowest BCUT2D eigenvalue weighted by Crippen LogP contribution is -2.05. The van der Waals surface area contributed by atoms with Crippen LogP contribution in [0.4, 0.5) is 5.69 Å². The molecule has 1 N–H and O–H groups in total. The number of nitrogens with zero attached hydrogens (tertiary/aromatic N) is 2. The van der Waals surface area contributed by atoms with E-state index in [2.05, 4.69) is 16.4 Å². The summed E-state index contributed by atoms with van der Waals surface area (Å²) in [7, 11) is 3.37. The summed E-state index contributed by atoms with van der Waals surface area (Å²) in [5.41, 5.74) is 3.71. The lowest BCUT2D eigenvalue weighted by molar-refractivity contribution is 0.299. The molecule has 2 aromatic carbocycles. The maximum absolute atomic E-state index is 9.54. The first-order valence-corrected chi connectivity index (χ1v) is 7.94. The third kappa shape index (κ3) is 3.20. The van der Waals surface area contributed by atoms with Crippen LogP contribution in [0.3, 0.4) is 0 Å². The van der Waals surface area contributed by atoms with E-state index >= 15 is 0 Å². The molecule has 1 heterocycles. The Morgan fingerprint density at radius 1 is 1.12 bits per heavy atom. The Labute approximate surface area is 146 Å². The number of nitrogens with one attached hydrogen (secondary N) is 1. The Kier molecular flexibility index (Phi) is 4.71. The predicted molar refractivity (Wildman–Crippen MR) is 98.1 cm³/mol. The Balaban J connectivity index is 2.00. The number of aryl methyl sites for hydroxylation is 1. The van der Waals surface area contributed by atoms with Gasteiger partial charge in [0.25, 0.3) is 0 Å². The molecular formula is C20H19N3O2. The summed E-state index contributed by atoms with van der Waals surface area (Å²) in [6, 6.07) is 15.7. The highest BCUT2D eigenvalue weighted by atomic mass is 16.5. The number of hydrogen-bond acceptors (Lipinski definition) is 5. The number of nitriles is 1. The summed E-state index contributed by atoms with van der Waals surface area (Å²) in [4.78, 5) is 4.57. The summed E-state index contributed by atoms with van der Waals surface area (Å²) in [5.74, 6) is 1.31. The number of hydrogen-bond donors (Lipinski definition) is 1. The summed E-state index contributed by atoms with van der Waals surface area (Å²) >= 11 is 0. The summed E-state index contributed by atoms with van der Waals surface area (Å²) < 4.78 is 11.4. The number of ether oxygens (including phenoxy) is 2. The molecule has 0 amide bonds. The molecule has 0 saturated carbocycles. The average Bonchev–Trinajstić information content (AvgIpc) is 2.65. The Bertz CT molecular complexity index is 961. The number of fused-ring (bicyclic) bond motifs is 1. The number of para-hydroxylation sites is 1. The molecule has 0 aliphatic carbocycles. The highest BCUT2D eigenvalue weighted by Crippen LogP contribution is 2.31. The maximum atomic E-state index is 9.54.